The van der Waals surface area contributed by atoms with Crippen molar-refractivity contribution in [3.05, 3.63) is 89.5 Å². The molecule has 3 aromatic carbocycles. The molecule has 0 saturated carbocycles. The van der Waals surface area contributed by atoms with Gasteiger partial charge < -0.3 is 5.73 Å². The topological polar surface area (TPSA) is 60.2 Å². The second kappa shape index (κ2) is 5.73. The average Bonchev–Trinajstić information content (AvgIpc) is 2.96. The van der Waals surface area contributed by atoms with Crippen LogP contribution in [-0.4, -0.2) is 10.1 Å². The quantitative estimate of drug-likeness (QED) is 0.795. The first-order chi connectivity index (χ1) is 11.7. The maximum atomic E-state index is 13.2. The molecule has 1 aliphatic carbocycles. The van der Waals surface area contributed by atoms with Crippen molar-refractivity contribution >= 4 is 16.7 Å². The second-order valence-electron chi connectivity index (χ2n) is 5.74. The smallest absolute Gasteiger partial charge is 0.248 e. The Labute approximate surface area is 142 Å². The zero-order chi connectivity index (χ0) is 16.7. The van der Waals surface area contributed by atoms with Gasteiger partial charge in [0.05, 0.1) is 16.0 Å². The molecule has 2 N–H and O–H groups in total. The van der Waals surface area contributed by atoms with Gasteiger partial charge in [-0.3, -0.25) is 9.00 Å². The lowest BCUT2D eigenvalue weighted by molar-refractivity contribution is 0.1000. The van der Waals surface area contributed by atoms with Crippen molar-refractivity contribution in [3.63, 3.8) is 0 Å². The van der Waals surface area contributed by atoms with Gasteiger partial charge in [0.1, 0.15) is 0 Å². The first-order valence-corrected chi connectivity index (χ1v) is 8.87. The van der Waals surface area contributed by atoms with E-state index in [1.54, 1.807) is 24.3 Å². The van der Waals surface area contributed by atoms with E-state index in [-0.39, 0.29) is 5.25 Å². The van der Waals surface area contributed by atoms with Crippen LogP contribution in [0.2, 0.25) is 0 Å². The van der Waals surface area contributed by atoms with E-state index in [0.717, 1.165) is 22.3 Å². The van der Waals surface area contributed by atoms with Gasteiger partial charge in [0.2, 0.25) is 5.91 Å². The van der Waals surface area contributed by atoms with E-state index in [4.69, 9.17) is 5.73 Å². The van der Waals surface area contributed by atoms with E-state index in [9.17, 15) is 9.00 Å². The van der Waals surface area contributed by atoms with Crippen LogP contribution < -0.4 is 5.73 Å². The highest BCUT2D eigenvalue weighted by Gasteiger charge is 2.33. The Morgan fingerprint density at radius 3 is 1.79 bits per heavy atom. The summed E-state index contributed by atoms with van der Waals surface area (Å²) in [6, 6.07) is 22.9. The molecule has 0 fully saturated rings. The summed E-state index contributed by atoms with van der Waals surface area (Å²) in [4.78, 5) is 11.9. The number of benzene rings is 3. The first kappa shape index (κ1) is 14.8. The van der Waals surface area contributed by atoms with Crippen LogP contribution in [0.5, 0.6) is 0 Å². The van der Waals surface area contributed by atoms with Crippen LogP contribution in [0.3, 0.4) is 0 Å². The third kappa shape index (κ3) is 2.27. The minimum atomic E-state index is -1.26. The molecular weight excluding hydrogens is 318 g/mol. The zero-order valence-corrected chi connectivity index (χ0v) is 13.6. The molecule has 4 rings (SSSR count). The normalized spacial score (nSPS) is 14.0. The number of amides is 1. The van der Waals surface area contributed by atoms with Gasteiger partial charge in [-0.2, -0.15) is 0 Å². The Balaban J connectivity index is 1.81. The second-order valence-corrected chi connectivity index (χ2v) is 7.28. The van der Waals surface area contributed by atoms with Gasteiger partial charge in [-0.25, -0.2) is 0 Å². The summed E-state index contributed by atoms with van der Waals surface area (Å²) in [7, 11) is -1.26. The van der Waals surface area contributed by atoms with Crippen LogP contribution in [0.1, 0.15) is 26.7 Å². The highest BCUT2D eigenvalue weighted by atomic mass is 32.2. The Morgan fingerprint density at radius 1 is 0.792 bits per heavy atom. The van der Waals surface area contributed by atoms with E-state index in [2.05, 4.69) is 12.1 Å². The minimum Gasteiger partial charge on any atom is -0.366 e. The van der Waals surface area contributed by atoms with Crippen LogP contribution in [0.4, 0.5) is 0 Å². The molecule has 0 heterocycles. The van der Waals surface area contributed by atoms with Gasteiger partial charge in [0, 0.05) is 10.5 Å². The maximum absolute atomic E-state index is 13.2. The number of fused-ring (bicyclic) bond motifs is 3. The van der Waals surface area contributed by atoms with E-state index >= 15 is 0 Å². The minimum absolute atomic E-state index is 0.197. The number of carbonyl (C=O) groups excluding carboxylic acids is 1. The van der Waals surface area contributed by atoms with E-state index in [1.165, 1.54) is 0 Å². The van der Waals surface area contributed by atoms with Gasteiger partial charge >= 0.3 is 0 Å². The van der Waals surface area contributed by atoms with Gasteiger partial charge in [-0.05, 0) is 46.5 Å². The van der Waals surface area contributed by atoms with Crippen LogP contribution in [0, 0.1) is 0 Å². The van der Waals surface area contributed by atoms with Gasteiger partial charge in [-0.15, -0.1) is 0 Å². The third-order valence-electron chi connectivity index (χ3n) is 4.36. The molecule has 0 aliphatic heterocycles. The standard InChI is InChI=1S/C20H15NO2S/c21-20(22)13-9-11-14(12-10-13)24(23)19-17-7-3-1-5-15(17)16-6-2-4-8-18(16)19/h1-12,19H,(H2,21,22). The Morgan fingerprint density at radius 2 is 1.29 bits per heavy atom. The third-order valence-corrected chi connectivity index (χ3v) is 6.03. The van der Waals surface area contributed by atoms with Crippen molar-refractivity contribution in [1.29, 1.82) is 0 Å². The van der Waals surface area contributed by atoms with Crippen LogP contribution >= 0.6 is 0 Å². The maximum Gasteiger partial charge on any atom is 0.248 e. The van der Waals surface area contributed by atoms with Crippen molar-refractivity contribution in [2.24, 2.45) is 5.73 Å². The summed E-state index contributed by atoms with van der Waals surface area (Å²) in [5.41, 5.74) is 10.1. The van der Waals surface area contributed by atoms with Gasteiger partial charge in [0.15, 0.2) is 0 Å². The Kier molecular flexibility index (Phi) is 3.54. The monoisotopic (exact) mass is 333 g/mol. The molecule has 0 spiro atoms. The summed E-state index contributed by atoms with van der Waals surface area (Å²) < 4.78 is 13.2. The molecule has 0 bridgehead atoms. The zero-order valence-electron chi connectivity index (χ0n) is 12.8. The molecule has 1 atom stereocenters. The Bertz CT molecular complexity index is 918. The fraction of sp³-hybridized carbons (Fsp3) is 0.0500. The molecular formula is C20H15NO2S. The van der Waals surface area contributed by atoms with Crippen LogP contribution in [0.15, 0.2) is 77.7 Å². The number of hydrogen-bond acceptors (Lipinski definition) is 2. The van der Waals surface area contributed by atoms with E-state index in [0.29, 0.717) is 10.5 Å². The lowest BCUT2D eigenvalue weighted by atomic mass is 10.1. The number of hydrogen-bond donors (Lipinski definition) is 1. The molecule has 0 aromatic heterocycles. The molecule has 3 aromatic rings. The van der Waals surface area contributed by atoms with Crippen molar-refractivity contribution in [2.75, 3.05) is 0 Å². The summed E-state index contributed by atoms with van der Waals surface area (Å²) >= 11 is 0. The van der Waals surface area contributed by atoms with Crippen molar-refractivity contribution in [1.82, 2.24) is 0 Å². The molecule has 24 heavy (non-hydrogen) atoms. The molecule has 3 nitrogen and oxygen atoms in total. The first-order valence-electron chi connectivity index (χ1n) is 7.65. The molecule has 1 amide bonds. The molecule has 4 heteroatoms. The Hall–Kier alpha value is -2.72. The summed E-state index contributed by atoms with van der Waals surface area (Å²) in [5.74, 6) is -0.483. The lowest BCUT2D eigenvalue weighted by Crippen LogP contribution is -2.11. The summed E-state index contributed by atoms with van der Waals surface area (Å²) in [5, 5.41) is -0.197. The lowest BCUT2D eigenvalue weighted by Gasteiger charge is -2.13. The summed E-state index contributed by atoms with van der Waals surface area (Å²) in [6.45, 7) is 0. The van der Waals surface area contributed by atoms with E-state index in [1.807, 2.05) is 36.4 Å². The largest absolute Gasteiger partial charge is 0.366 e. The highest BCUT2D eigenvalue weighted by molar-refractivity contribution is 7.85. The summed E-state index contributed by atoms with van der Waals surface area (Å²) in [6.07, 6.45) is 0. The SMILES string of the molecule is NC(=O)c1ccc(S(=O)C2c3ccccc3-c3ccccc32)cc1. The van der Waals surface area contributed by atoms with Gasteiger partial charge in [-0.1, -0.05) is 48.5 Å². The predicted molar refractivity (Wildman–Crippen MR) is 95.1 cm³/mol. The molecule has 1 aliphatic rings. The van der Waals surface area contributed by atoms with Crippen molar-refractivity contribution in [3.8, 4) is 11.1 Å². The van der Waals surface area contributed by atoms with Crippen molar-refractivity contribution < 1.29 is 9.00 Å². The highest BCUT2D eigenvalue weighted by Crippen LogP contribution is 2.47. The number of primary amides is 1. The molecule has 0 saturated heterocycles. The molecule has 118 valence electrons. The van der Waals surface area contributed by atoms with Crippen LogP contribution in [-0.2, 0) is 10.8 Å². The number of carbonyl (C=O) groups is 1. The fourth-order valence-electron chi connectivity index (χ4n) is 3.23. The fourth-order valence-corrected chi connectivity index (χ4v) is 4.78. The van der Waals surface area contributed by atoms with E-state index < -0.39 is 16.7 Å². The predicted octanol–water partition coefficient (Wildman–Crippen LogP) is 3.66. The van der Waals surface area contributed by atoms with Gasteiger partial charge in [0.25, 0.3) is 0 Å². The molecule has 0 radical (unpaired) electrons. The number of nitrogens with two attached hydrogens (primary N) is 1. The average molecular weight is 333 g/mol. The van der Waals surface area contributed by atoms with Crippen LogP contribution in [0.25, 0.3) is 11.1 Å². The molecule has 1 unspecified atom stereocenters. The van der Waals surface area contributed by atoms with Crippen molar-refractivity contribution in [2.45, 2.75) is 10.1 Å². The number of rotatable bonds is 3.